The number of rotatable bonds is 5. The number of aliphatic hydroxyl groups excluding tert-OH is 1. The zero-order chi connectivity index (χ0) is 14.5. The van der Waals surface area contributed by atoms with Crippen molar-refractivity contribution < 1.29 is 5.11 Å². The third-order valence-corrected chi connectivity index (χ3v) is 4.42. The Morgan fingerprint density at radius 2 is 1.62 bits per heavy atom. The first-order valence-corrected chi connectivity index (χ1v) is 7.86. The topological polar surface area (TPSA) is 32.3 Å². The van der Waals surface area contributed by atoms with Crippen molar-refractivity contribution in [1.82, 2.24) is 5.32 Å². The third kappa shape index (κ3) is 3.72. The minimum absolute atomic E-state index is 0.188. The van der Waals surface area contributed by atoms with Gasteiger partial charge in [-0.25, -0.2) is 0 Å². The normalized spacial score (nSPS) is 23.1. The molecule has 0 saturated carbocycles. The predicted molar refractivity (Wildman–Crippen MR) is 86.1 cm³/mol. The van der Waals surface area contributed by atoms with E-state index < -0.39 is 6.10 Å². The number of hydrogen-bond acceptors (Lipinski definition) is 2. The molecule has 3 atom stereocenters. The number of benzene rings is 2. The maximum atomic E-state index is 10.5. The summed E-state index contributed by atoms with van der Waals surface area (Å²) in [5.74, 6) is 0. The molecule has 1 aliphatic heterocycles. The lowest BCUT2D eigenvalue weighted by Crippen LogP contribution is -2.34. The van der Waals surface area contributed by atoms with Crippen LogP contribution in [0.5, 0.6) is 0 Å². The maximum absolute atomic E-state index is 10.5. The van der Waals surface area contributed by atoms with Crippen molar-refractivity contribution >= 4 is 0 Å². The van der Waals surface area contributed by atoms with Crippen LogP contribution in [0.1, 0.15) is 36.5 Å². The van der Waals surface area contributed by atoms with Gasteiger partial charge in [0.15, 0.2) is 0 Å². The number of nitrogens with one attached hydrogen (secondary N) is 1. The van der Waals surface area contributed by atoms with Crippen molar-refractivity contribution in [3.8, 4) is 0 Å². The molecule has 2 aromatic carbocycles. The van der Waals surface area contributed by atoms with Gasteiger partial charge in [-0.3, -0.25) is 0 Å². The van der Waals surface area contributed by atoms with Crippen molar-refractivity contribution in [2.75, 3.05) is 0 Å². The first-order chi connectivity index (χ1) is 10.3. The Labute approximate surface area is 126 Å². The summed E-state index contributed by atoms with van der Waals surface area (Å²) < 4.78 is 0. The maximum Gasteiger partial charge on any atom is 0.0943 e. The largest absolute Gasteiger partial charge is 0.387 e. The van der Waals surface area contributed by atoms with Gasteiger partial charge in [0.1, 0.15) is 0 Å². The van der Waals surface area contributed by atoms with Crippen LogP contribution in [0.15, 0.2) is 60.7 Å². The van der Waals surface area contributed by atoms with Crippen LogP contribution in [0.4, 0.5) is 0 Å². The Morgan fingerprint density at radius 3 is 2.33 bits per heavy atom. The van der Waals surface area contributed by atoms with Crippen LogP contribution in [0.3, 0.4) is 0 Å². The number of hydrogen-bond donors (Lipinski definition) is 2. The van der Waals surface area contributed by atoms with E-state index in [1.54, 1.807) is 0 Å². The SMILES string of the molecule is OC(c1ccccc1)C1CCC(CCc2ccccc2)N1. The summed E-state index contributed by atoms with van der Waals surface area (Å²) >= 11 is 0. The van der Waals surface area contributed by atoms with Gasteiger partial charge in [-0.05, 0) is 36.8 Å². The van der Waals surface area contributed by atoms with E-state index in [1.165, 1.54) is 5.56 Å². The van der Waals surface area contributed by atoms with Gasteiger partial charge in [0.2, 0.25) is 0 Å². The Morgan fingerprint density at radius 1 is 0.952 bits per heavy atom. The third-order valence-electron chi connectivity index (χ3n) is 4.42. The summed E-state index contributed by atoms with van der Waals surface area (Å²) in [6.45, 7) is 0. The highest BCUT2D eigenvalue weighted by molar-refractivity contribution is 5.19. The standard InChI is InChI=1S/C19H23NO/c21-19(16-9-5-2-6-10-16)18-14-13-17(20-18)12-11-15-7-3-1-4-8-15/h1-10,17-21H,11-14H2. The van der Waals surface area contributed by atoms with Gasteiger partial charge in [0.05, 0.1) is 6.10 Å². The second-order valence-electron chi connectivity index (χ2n) is 5.93. The number of aliphatic hydroxyl groups is 1. The van der Waals surface area contributed by atoms with E-state index in [-0.39, 0.29) is 6.04 Å². The van der Waals surface area contributed by atoms with Crippen molar-refractivity contribution in [2.45, 2.75) is 43.9 Å². The average Bonchev–Trinajstić information content (AvgIpc) is 3.03. The predicted octanol–water partition coefficient (Wildman–Crippen LogP) is 3.47. The second kappa shape index (κ2) is 6.88. The summed E-state index contributed by atoms with van der Waals surface area (Å²) in [6, 6.07) is 21.3. The molecule has 0 aliphatic carbocycles. The molecule has 1 heterocycles. The molecule has 3 rings (SSSR count). The van der Waals surface area contributed by atoms with Gasteiger partial charge in [-0.15, -0.1) is 0 Å². The molecule has 2 aromatic rings. The monoisotopic (exact) mass is 281 g/mol. The first kappa shape index (κ1) is 14.3. The van der Waals surface area contributed by atoms with Crippen molar-refractivity contribution in [1.29, 1.82) is 0 Å². The fourth-order valence-corrected chi connectivity index (χ4v) is 3.19. The van der Waals surface area contributed by atoms with Gasteiger partial charge >= 0.3 is 0 Å². The second-order valence-corrected chi connectivity index (χ2v) is 5.93. The zero-order valence-corrected chi connectivity index (χ0v) is 12.3. The minimum atomic E-state index is -0.395. The van der Waals surface area contributed by atoms with Crippen LogP contribution in [0.25, 0.3) is 0 Å². The number of aryl methyl sites for hydroxylation is 1. The molecule has 1 saturated heterocycles. The molecule has 21 heavy (non-hydrogen) atoms. The molecule has 0 amide bonds. The van der Waals surface area contributed by atoms with Gasteiger partial charge in [0, 0.05) is 12.1 Å². The lowest BCUT2D eigenvalue weighted by Gasteiger charge is -2.20. The first-order valence-electron chi connectivity index (χ1n) is 7.86. The van der Waals surface area contributed by atoms with Crippen LogP contribution in [-0.2, 0) is 6.42 Å². The van der Waals surface area contributed by atoms with Gasteiger partial charge in [0.25, 0.3) is 0 Å². The minimum Gasteiger partial charge on any atom is -0.387 e. The molecule has 2 nitrogen and oxygen atoms in total. The summed E-state index contributed by atoms with van der Waals surface area (Å²) in [4.78, 5) is 0. The van der Waals surface area contributed by atoms with E-state index in [1.807, 2.05) is 30.3 Å². The highest BCUT2D eigenvalue weighted by Gasteiger charge is 2.29. The van der Waals surface area contributed by atoms with Crippen molar-refractivity contribution in [3.05, 3.63) is 71.8 Å². The lowest BCUT2D eigenvalue weighted by atomic mass is 10.0. The smallest absolute Gasteiger partial charge is 0.0943 e. The zero-order valence-electron chi connectivity index (χ0n) is 12.3. The van der Waals surface area contributed by atoms with Crippen molar-refractivity contribution in [3.63, 3.8) is 0 Å². The molecule has 1 fully saturated rings. The summed E-state index contributed by atoms with van der Waals surface area (Å²) in [6.07, 6.45) is 4.05. The molecule has 0 bridgehead atoms. The fraction of sp³-hybridized carbons (Fsp3) is 0.368. The highest BCUT2D eigenvalue weighted by atomic mass is 16.3. The average molecular weight is 281 g/mol. The van der Waals surface area contributed by atoms with Crippen molar-refractivity contribution in [2.24, 2.45) is 0 Å². The molecule has 2 heteroatoms. The Kier molecular flexibility index (Phi) is 4.69. The highest BCUT2D eigenvalue weighted by Crippen LogP contribution is 2.26. The Bertz CT molecular complexity index is 540. The van der Waals surface area contributed by atoms with Crippen LogP contribution >= 0.6 is 0 Å². The molecule has 0 aromatic heterocycles. The Balaban J connectivity index is 1.51. The molecule has 2 N–H and O–H groups in total. The van der Waals surface area contributed by atoms with Crippen LogP contribution < -0.4 is 5.32 Å². The molecule has 110 valence electrons. The van der Waals surface area contributed by atoms with E-state index >= 15 is 0 Å². The summed E-state index contributed by atoms with van der Waals surface area (Å²) in [7, 11) is 0. The van der Waals surface area contributed by atoms with Gasteiger partial charge in [-0.1, -0.05) is 60.7 Å². The van der Waals surface area contributed by atoms with E-state index in [9.17, 15) is 5.11 Å². The summed E-state index contributed by atoms with van der Waals surface area (Å²) in [5, 5.41) is 14.1. The molecular weight excluding hydrogens is 258 g/mol. The lowest BCUT2D eigenvalue weighted by molar-refractivity contribution is 0.135. The molecule has 1 aliphatic rings. The van der Waals surface area contributed by atoms with Crippen LogP contribution in [0.2, 0.25) is 0 Å². The Hall–Kier alpha value is -1.64. The molecule has 0 radical (unpaired) electrons. The quantitative estimate of drug-likeness (QED) is 0.879. The van der Waals surface area contributed by atoms with Gasteiger partial charge in [-0.2, -0.15) is 0 Å². The summed E-state index contributed by atoms with van der Waals surface area (Å²) in [5.41, 5.74) is 2.41. The van der Waals surface area contributed by atoms with E-state index in [0.717, 1.165) is 31.2 Å². The molecule has 3 unspecified atom stereocenters. The van der Waals surface area contributed by atoms with E-state index in [0.29, 0.717) is 6.04 Å². The molecule has 0 spiro atoms. The van der Waals surface area contributed by atoms with Crippen LogP contribution in [0, 0.1) is 0 Å². The van der Waals surface area contributed by atoms with E-state index in [4.69, 9.17) is 0 Å². The van der Waals surface area contributed by atoms with Gasteiger partial charge < -0.3 is 10.4 Å². The van der Waals surface area contributed by atoms with E-state index in [2.05, 4.69) is 35.6 Å². The molecular formula is C19H23NO. The van der Waals surface area contributed by atoms with Crippen LogP contribution in [-0.4, -0.2) is 17.2 Å². The fourth-order valence-electron chi connectivity index (χ4n) is 3.19.